The maximum atomic E-state index is 13.5. The Hall–Kier alpha value is -2.43. The van der Waals surface area contributed by atoms with Gasteiger partial charge in [-0.15, -0.1) is 0 Å². The first-order valence-electron chi connectivity index (χ1n) is 9.46. The zero-order chi connectivity index (χ0) is 18.8. The molecule has 140 valence electrons. The Labute approximate surface area is 160 Å². The predicted octanol–water partition coefficient (Wildman–Crippen LogP) is 4.73. The molecule has 2 heterocycles. The number of hydrogen-bond donors (Lipinski definition) is 0. The molecule has 0 aliphatic carbocycles. The van der Waals surface area contributed by atoms with Crippen molar-refractivity contribution >= 4 is 0 Å². The van der Waals surface area contributed by atoms with Gasteiger partial charge in [-0.2, -0.15) is 0 Å². The van der Waals surface area contributed by atoms with E-state index in [0.29, 0.717) is 0 Å². The second-order valence-corrected chi connectivity index (χ2v) is 7.21. The number of aryl methyl sites for hydroxylation is 1. The second kappa shape index (κ2) is 7.67. The van der Waals surface area contributed by atoms with Crippen LogP contribution in [0, 0.1) is 19.7 Å². The highest BCUT2D eigenvalue weighted by Gasteiger charge is 2.18. The molecule has 3 nitrogen and oxygen atoms in total. The third-order valence-electron chi connectivity index (χ3n) is 5.28. The van der Waals surface area contributed by atoms with E-state index < -0.39 is 0 Å². The summed E-state index contributed by atoms with van der Waals surface area (Å²) in [4.78, 5) is 2.43. The van der Waals surface area contributed by atoms with Crippen molar-refractivity contribution in [2.75, 3.05) is 26.3 Å². The Morgan fingerprint density at radius 3 is 2.26 bits per heavy atom. The SMILES string of the molecule is Cc1ccc(-c2cc(CN3CCOCC3)c(C)n2-c2ccc(F)cc2)cc1. The average molecular weight is 364 g/mol. The van der Waals surface area contributed by atoms with Gasteiger partial charge in [-0.05, 0) is 55.3 Å². The molecule has 0 radical (unpaired) electrons. The van der Waals surface area contributed by atoms with E-state index >= 15 is 0 Å². The minimum absolute atomic E-state index is 0.214. The molecule has 0 spiro atoms. The van der Waals surface area contributed by atoms with Gasteiger partial charge in [-0.3, -0.25) is 4.90 Å². The van der Waals surface area contributed by atoms with E-state index in [9.17, 15) is 4.39 Å². The molecule has 27 heavy (non-hydrogen) atoms. The average Bonchev–Trinajstić information content (AvgIpc) is 3.00. The standard InChI is InChI=1S/C23H25FN2O/c1-17-3-5-19(6-4-17)23-15-20(16-25-11-13-27-14-12-25)18(2)26(23)22-9-7-21(24)8-10-22/h3-10,15H,11-14,16H2,1-2H3. The predicted molar refractivity (Wildman–Crippen MR) is 107 cm³/mol. The largest absolute Gasteiger partial charge is 0.379 e. The number of morpholine rings is 1. The molecule has 0 unspecified atom stereocenters. The van der Waals surface area contributed by atoms with E-state index in [4.69, 9.17) is 4.74 Å². The van der Waals surface area contributed by atoms with E-state index in [0.717, 1.165) is 44.2 Å². The summed E-state index contributed by atoms with van der Waals surface area (Å²) in [6.07, 6.45) is 0. The van der Waals surface area contributed by atoms with Crippen LogP contribution < -0.4 is 0 Å². The molecule has 3 aromatic rings. The normalized spacial score (nSPS) is 15.2. The van der Waals surface area contributed by atoms with Crippen LogP contribution in [0.3, 0.4) is 0 Å². The van der Waals surface area contributed by atoms with Gasteiger partial charge in [-0.25, -0.2) is 4.39 Å². The first-order chi connectivity index (χ1) is 13.1. The van der Waals surface area contributed by atoms with Crippen LogP contribution in [0.25, 0.3) is 16.9 Å². The zero-order valence-corrected chi connectivity index (χ0v) is 15.9. The molecule has 0 amide bonds. The Balaban J connectivity index is 1.78. The molecule has 0 saturated carbocycles. The molecule has 1 aromatic heterocycles. The van der Waals surface area contributed by atoms with Crippen molar-refractivity contribution < 1.29 is 9.13 Å². The molecule has 2 aromatic carbocycles. The van der Waals surface area contributed by atoms with Crippen LogP contribution in [-0.4, -0.2) is 35.8 Å². The summed E-state index contributed by atoms with van der Waals surface area (Å²) in [7, 11) is 0. The van der Waals surface area contributed by atoms with Gasteiger partial charge in [-0.1, -0.05) is 29.8 Å². The maximum absolute atomic E-state index is 13.5. The van der Waals surface area contributed by atoms with Crippen LogP contribution >= 0.6 is 0 Å². The van der Waals surface area contributed by atoms with Crippen molar-refractivity contribution in [2.45, 2.75) is 20.4 Å². The monoisotopic (exact) mass is 364 g/mol. The van der Waals surface area contributed by atoms with Crippen LogP contribution in [0.2, 0.25) is 0 Å². The molecule has 1 aliphatic heterocycles. The lowest BCUT2D eigenvalue weighted by Gasteiger charge is -2.26. The fourth-order valence-electron chi connectivity index (χ4n) is 3.68. The summed E-state index contributed by atoms with van der Waals surface area (Å²) in [6, 6.07) is 17.6. The smallest absolute Gasteiger partial charge is 0.123 e. The number of benzene rings is 2. The van der Waals surface area contributed by atoms with Crippen molar-refractivity contribution in [1.29, 1.82) is 0 Å². The first kappa shape index (κ1) is 18.0. The lowest BCUT2D eigenvalue weighted by atomic mass is 10.1. The fraction of sp³-hybridized carbons (Fsp3) is 0.304. The van der Waals surface area contributed by atoms with Gasteiger partial charge in [0.2, 0.25) is 0 Å². The number of aromatic nitrogens is 1. The third kappa shape index (κ3) is 3.82. The molecule has 4 heteroatoms. The van der Waals surface area contributed by atoms with E-state index in [1.165, 1.54) is 34.5 Å². The number of hydrogen-bond acceptors (Lipinski definition) is 2. The van der Waals surface area contributed by atoms with E-state index in [1.807, 2.05) is 12.1 Å². The summed E-state index contributed by atoms with van der Waals surface area (Å²) in [6.45, 7) is 8.66. The molecular formula is C23H25FN2O. The van der Waals surface area contributed by atoms with Crippen molar-refractivity contribution in [3.8, 4) is 16.9 Å². The van der Waals surface area contributed by atoms with Crippen molar-refractivity contribution in [3.63, 3.8) is 0 Å². The minimum atomic E-state index is -0.214. The molecule has 0 N–H and O–H groups in total. The highest BCUT2D eigenvalue weighted by atomic mass is 19.1. The number of rotatable bonds is 4. The minimum Gasteiger partial charge on any atom is -0.379 e. The molecule has 1 fully saturated rings. The third-order valence-corrected chi connectivity index (χ3v) is 5.28. The fourth-order valence-corrected chi connectivity index (χ4v) is 3.68. The summed E-state index contributed by atoms with van der Waals surface area (Å²) in [5.41, 5.74) is 7.03. The molecular weight excluding hydrogens is 339 g/mol. The van der Waals surface area contributed by atoms with Gasteiger partial charge >= 0.3 is 0 Å². The van der Waals surface area contributed by atoms with Gasteiger partial charge in [0.15, 0.2) is 0 Å². The van der Waals surface area contributed by atoms with Gasteiger partial charge in [0, 0.05) is 31.0 Å². The van der Waals surface area contributed by atoms with Crippen molar-refractivity contribution in [1.82, 2.24) is 9.47 Å². The topological polar surface area (TPSA) is 17.4 Å². The number of ether oxygens (including phenoxy) is 1. The van der Waals surface area contributed by atoms with Crippen molar-refractivity contribution in [2.24, 2.45) is 0 Å². The Bertz CT molecular complexity index is 907. The van der Waals surface area contributed by atoms with Crippen LogP contribution in [0.1, 0.15) is 16.8 Å². The van der Waals surface area contributed by atoms with Crippen molar-refractivity contribution in [3.05, 3.63) is 77.2 Å². The summed E-state index contributed by atoms with van der Waals surface area (Å²) < 4.78 is 21.2. The first-order valence-corrected chi connectivity index (χ1v) is 9.46. The quantitative estimate of drug-likeness (QED) is 0.666. The van der Waals surface area contributed by atoms with Gasteiger partial charge in [0.25, 0.3) is 0 Å². The molecule has 1 saturated heterocycles. The molecule has 4 rings (SSSR count). The number of halogens is 1. The second-order valence-electron chi connectivity index (χ2n) is 7.21. The molecule has 0 bridgehead atoms. The van der Waals surface area contributed by atoms with E-state index in [2.05, 4.69) is 53.6 Å². The Morgan fingerprint density at radius 2 is 1.59 bits per heavy atom. The lowest BCUT2D eigenvalue weighted by Crippen LogP contribution is -2.35. The summed E-state index contributed by atoms with van der Waals surface area (Å²) in [5.74, 6) is -0.214. The molecule has 0 atom stereocenters. The van der Waals surface area contributed by atoms with E-state index in [1.54, 1.807) is 0 Å². The number of nitrogens with zero attached hydrogens (tertiary/aromatic N) is 2. The molecule has 1 aliphatic rings. The lowest BCUT2D eigenvalue weighted by molar-refractivity contribution is 0.0341. The highest BCUT2D eigenvalue weighted by molar-refractivity contribution is 5.66. The summed E-state index contributed by atoms with van der Waals surface area (Å²) >= 11 is 0. The Morgan fingerprint density at radius 1 is 0.926 bits per heavy atom. The van der Waals surface area contributed by atoms with Crippen LogP contribution in [0.5, 0.6) is 0 Å². The summed E-state index contributed by atoms with van der Waals surface area (Å²) in [5, 5.41) is 0. The zero-order valence-electron chi connectivity index (χ0n) is 15.9. The van der Waals surface area contributed by atoms with Crippen LogP contribution in [-0.2, 0) is 11.3 Å². The highest BCUT2D eigenvalue weighted by Crippen LogP contribution is 2.30. The Kier molecular flexibility index (Phi) is 5.10. The van der Waals surface area contributed by atoms with Crippen LogP contribution in [0.4, 0.5) is 4.39 Å². The van der Waals surface area contributed by atoms with Gasteiger partial charge < -0.3 is 9.30 Å². The van der Waals surface area contributed by atoms with Gasteiger partial charge in [0.1, 0.15) is 5.82 Å². The van der Waals surface area contributed by atoms with Crippen LogP contribution in [0.15, 0.2) is 54.6 Å². The van der Waals surface area contributed by atoms with E-state index in [-0.39, 0.29) is 5.82 Å². The van der Waals surface area contributed by atoms with Gasteiger partial charge in [0.05, 0.1) is 18.9 Å². The maximum Gasteiger partial charge on any atom is 0.123 e.